The Morgan fingerprint density at radius 2 is 1.80 bits per heavy atom. The highest BCUT2D eigenvalue weighted by molar-refractivity contribution is 6.29. The van der Waals surface area contributed by atoms with Crippen LogP contribution in [-0.4, -0.2) is 11.1 Å². The van der Waals surface area contributed by atoms with Crippen LogP contribution >= 0.6 is 11.6 Å². The van der Waals surface area contributed by atoms with Gasteiger partial charge in [0.05, 0.1) is 6.10 Å². The van der Waals surface area contributed by atoms with Crippen molar-refractivity contribution >= 4 is 17.3 Å². The van der Waals surface area contributed by atoms with Crippen molar-refractivity contribution < 1.29 is 4.74 Å². The van der Waals surface area contributed by atoms with Crippen molar-refractivity contribution in [3.63, 3.8) is 0 Å². The number of aromatic nitrogens is 1. The molecule has 0 aliphatic carbocycles. The van der Waals surface area contributed by atoms with E-state index in [1.54, 1.807) is 6.20 Å². The summed E-state index contributed by atoms with van der Waals surface area (Å²) in [6, 6.07) is 12.0. The summed E-state index contributed by atoms with van der Waals surface area (Å²) in [6.07, 6.45) is 1.88. The molecule has 1 aromatic heterocycles. The Morgan fingerprint density at radius 3 is 2.40 bits per heavy atom. The Hall–Kier alpha value is -1.74. The Labute approximate surface area is 124 Å². The number of pyridine rings is 1. The van der Waals surface area contributed by atoms with Gasteiger partial charge in [-0.05, 0) is 50.6 Å². The number of halogens is 1. The van der Waals surface area contributed by atoms with E-state index in [1.165, 1.54) is 5.56 Å². The molecule has 1 aromatic carbocycles. The molecule has 1 atom stereocenters. The minimum Gasteiger partial charge on any atom is -0.491 e. The Balaban J connectivity index is 2.03. The molecule has 1 unspecified atom stereocenters. The number of nitrogens with one attached hydrogen (secondary N) is 1. The second-order valence-electron chi connectivity index (χ2n) is 4.97. The molecule has 0 amide bonds. The maximum absolute atomic E-state index is 5.88. The van der Waals surface area contributed by atoms with Crippen molar-refractivity contribution in [2.24, 2.45) is 0 Å². The topological polar surface area (TPSA) is 34.1 Å². The van der Waals surface area contributed by atoms with Gasteiger partial charge in [-0.15, -0.1) is 0 Å². The van der Waals surface area contributed by atoms with Crippen LogP contribution in [0.25, 0.3) is 0 Å². The fourth-order valence-electron chi connectivity index (χ4n) is 1.93. The summed E-state index contributed by atoms with van der Waals surface area (Å²) in [5.41, 5.74) is 2.15. The number of ether oxygens (including phenoxy) is 1. The van der Waals surface area contributed by atoms with Crippen LogP contribution in [0.2, 0.25) is 5.15 Å². The van der Waals surface area contributed by atoms with Gasteiger partial charge in [0.15, 0.2) is 0 Å². The average molecular weight is 291 g/mol. The Kier molecular flexibility index (Phi) is 4.85. The van der Waals surface area contributed by atoms with Crippen LogP contribution in [0.15, 0.2) is 42.6 Å². The van der Waals surface area contributed by atoms with Crippen LogP contribution in [0, 0.1) is 0 Å². The van der Waals surface area contributed by atoms with Crippen LogP contribution in [0.3, 0.4) is 0 Å². The van der Waals surface area contributed by atoms with Gasteiger partial charge in [0, 0.05) is 17.9 Å². The van der Waals surface area contributed by atoms with E-state index in [1.807, 2.05) is 38.1 Å². The van der Waals surface area contributed by atoms with Crippen molar-refractivity contribution in [2.75, 3.05) is 5.32 Å². The fraction of sp³-hybridized carbons (Fsp3) is 0.312. The minimum atomic E-state index is 0.182. The number of anilines is 1. The molecule has 0 spiro atoms. The lowest BCUT2D eigenvalue weighted by molar-refractivity contribution is 0.242. The number of benzene rings is 1. The minimum absolute atomic E-state index is 0.182. The van der Waals surface area contributed by atoms with Gasteiger partial charge < -0.3 is 10.1 Å². The standard InChI is InChI=1S/C16H19ClN2O/c1-11(2)20-15-6-4-13(5-7-15)12(3)19-14-8-9-18-16(17)10-14/h4-12H,1-3H3,(H,18,19). The van der Waals surface area contributed by atoms with E-state index in [2.05, 4.69) is 29.4 Å². The zero-order chi connectivity index (χ0) is 14.5. The molecule has 1 N–H and O–H groups in total. The molecule has 20 heavy (non-hydrogen) atoms. The zero-order valence-electron chi connectivity index (χ0n) is 11.9. The highest BCUT2D eigenvalue weighted by Gasteiger charge is 2.06. The van der Waals surface area contributed by atoms with Crippen molar-refractivity contribution in [1.82, 2.24) is 4.98 Å². The summed E-state index contributed by atoms with van der Waals surface area (Å²) < 4.78 is 5.64. The van der Waals surface area contributed by atoms with Gasteiger partial charge in [-0.2, -0.15) is 0 Å². The van der Waals surface area contributed by atoms with Gasteiger partial charge >= 0.3 is 0 Å². The largest absolute Gasteiger partial charge is 0.491 e. The summed E-state index contributed by atoms with van der Waals surface area (Å²) in [7, 11) is 0. The molecular weight excluding hydrogens is 272 g/mol. The van der Waals surface area contributed by atoms with Crippen LogP contribution in [0.1, 0.15) is 32.4 Å². The molecule has 3 nitrogen and oxygen atoms in total. The Morgan fingerprint density at radius 1 is 1.10 bits per heavy atom. The van der Waals surface area contributed by atoms with Crippen molar-refractivity contribution in [3.8, 4) is 5.75 Å². The first-order valence-electron chi connectivity index (χ1n) is 6.69. The molecule has 4 heteroatoms. The van der Waals surface area contributed by atoms with Gasteiger partial charge in [0.25, 0.3) is 0 Å². The van der Waals surface area contributed by atoms with E-state index in [4.69, 9.17) is 16.3 Å². The highest BCUT2D eigenvalue weighted by Crippen LogP contribution is 2.23. The van der Waals surface area contributed by atoms with E-state index in [-0.39, 0.29) is 12.1 Å². The summed E-state index contributed by atoms with van der Waals surface area (Å²) in [6.45, 7) is 6.14. The number of rotatable bonds is 5. The molecule has 2 rings (SSSR count). The van der Waals surface area contributed by atoms with E-state index in [0.717, 1.165) is 11.4 Å². The number of hydrogen-bond donors (Lipinski definition) is 1. The third-order valence-corrected chi connectivity index (χ3v) is 3.07. The number of hydrogen-bond acceptors (Lipinski definition) is 3. The maximum Gasteiger partial charge on any atom is 0.131 e. The van der Waals surface area contributed by atoms with Gasteiger partial charge in [-0.3, -0.25) is 0 Å². The maximum atomic E-state index is 5.88. The molecule has 106 valence electrons. The Bertz CT molecular complexity index is 555. The fourth-order valence-corrected chi connectivity index (χ4v) is 2.11. The zero-order valence-corrected chi connectivity index (χ0v) is 12.7. The molecule has 0 bridgehead atoms. The smallest absolute Gasteiger partial charge is 0.131 e. The summed E-state index contributed by atoms with van der Waals surface area (Å²) in [5, 5.41) is 3.88. The van der Waals surface area contributed by atoms with E-state index in [0.29, 0.717) is 5.15 Å². The molecule has 0 fully saturated rings. The SMILES string of the molecule is CC(C)Oc1ccc(C(C)Nc2ccnc(Cl)c2)cc1. The summed E-state index contributed by atoms with van der Waals surface area (Å²) >= 11 is 5.88. The molecule has 0 radical (unpaired) electrons. The normalized spacial score (nSPS) is 12.2. The second-order valence-corrected chi connectivity index (χ2v) is 5.36. The first-order chi connectivity index (χ1) is 9.54. The lowest BCUT2D eigenvalue weighted by Crippen LogP contribution is -2.08. The molecule has 0 aliphatic rings. The number of nitrogens with zero attached hydrogens (tertiary/aromatic N) is 1. The van der Waals surface area contributed by atoms with Gasteiger partial charge in [-0.25, -0.2) is 4.98 Å². The first kappa shape index (κ1) is 14.7. The summed E-state index contributed by atoms with van der Waals surface area (Å²) in [4.78, 5) is 3.97. The van der Waals surface area contributed by atoms with Crippen molar-refractivity contribution in [2.45, 2.75) is 32.9 Å². The van der Waals surface area contributed by atoms with E-state index >= 15 is 0 Å². The average Bonchev–Trinajstić information content (AvgIpc) is 2.38. The monoisotopic (exact) mass is 290 g/mol. The van der Waals surface area contributed by atoms with Crippen molar-refractivity contribution in [1.29, 1.82) is 0 Å². The van der Waals surface area contributed by atoms with Crippen LogP contribution in [-0.2, 0) is 0 Å². The lowest BCUT2D eigenvalue weighted by atomic mass is 10.1. The lowest BCUT2D eigenvalue weighted by Gasteiger charge is -2.17. The van der Waals surface area contributed by atoms with Crippen LogP contribution in [0.5, 0.6) is 5.75 Å². The molecular formula is C16H19ClN2O. The van der Waals surface area contributed by atoms with Crippen LogP contribution in [0.4, 0.5) is 5.69 Å². The predicted octanol–water partition coefficient (Wildman–Crippen LogP) is 4.70. The highest BCUT2D eigenvalue weighted by atomic mass is 35.5. The van der Waals surface area contributed by atoms with Crippen molar-refractivity contribution in [3.05, 3.63) is 53.3 Å². The summed E-state index contributed by atoms with van der Waals surface area (Å²) in [5.74, 6) is 0.892. The van der Waals surface area contributed by atoms with Crippen LogP contribution < -0.4 is 10.1 Å². The van der Waals surface area contributed by atoms with Gasteiger partial charge in [0.2, 0.25) is 0 Å². The molecule has 1 heterocycles. The second kappa shape index (κ2) is 6.62. The predicted molar refractivity (Wildman–Crippen MR) is 83.5 cm³/mol. The molecule has 0 aliphatic heterocycles. The van der Waals surface area contributed by atoms with Gasteiger partial charge in [0.1, 0.15) is 10.9 Å². The first-order valence-corrected chi connectivity index (χ1v) is 7.07. The van der Waals surface area contributed by atoms with E-state index in [9.17, 15) is 0 Å². The molecule has 2 aromatic rings. The van der Waals surface area contributed by atoms with Gasteiger partial charge in [-0.1, -0.05) is 23.7 Å². The molecule has 0 saturated carbocycles. The quantitative estimate of drug-likeness (QED) is 0.811. The third-order valence-electron chi connectivity index (χ3n) is 2.86. The third kappa shape index (κ3) is 4.14. The van der Waals surface area contributed by atoms with E-state index < -0.39 is 0 Å². The molecule has 0 saturated heterocycles.